The summed E-state index contributed by atoms with van der Waals surface area (Å²) < 4.78 is 9.42. The fraction of sp³-hybridized carbons (Fsp3) is 0.333. The van der Waals surface area contributed by atoms with Crippen LogP contribution in [0.4, 0.5) is 9.59 Å². The first-order valence-electron chi connectivity index (χ1n) is 8.40. The normalized spacial score (nSPS) is 11.4. The van der Waals surface area contributed by atoms with Crippen molar-refractivity contribution in [3.05, 3.63) is 49.1 Å². The smallest absolute Gasteiger partial charge is 0.351 e. The van der Waals surface area contributed by atoms with Crippen molar-refractivity contribution in [1.29, 1.82) is 0 Å². The lowest BCUT2D eigenvalue weighted by molar-refractivity contribution is -0.140. The van der Waals surface area contributed by atoms with Crippen molar-refractivity contribution in [3.8, 4) is 0 Å². The van der Waals surface area contributed by atoms with Crippen molar-refractivity contribution < 1.29 is 33.9 Å². The van der Waals surface area contributed by atoms with Crippen LogP contribution in [-0.2, 0) is 19.1 Å². The minimum absolute atomic E-state index is 0.0107. The molecule has 0 bridgehead atoms. The molecule has 152 valence electrons. The van der Waals surface area contributed by atoms with E-state index in [1.165, 1.54) is 0 Å². The van der Waals surface area contributed by atoms with Crippen LogP contribution in [0.1, 0.15) is 6.42 Å². The number of esters is 2. The summed E-state index contributed by atoms with van der Waals surface area (Å²) in [5, 5.41) is 12.6. The largest absolute Gasteiger partial charge is 0.461 e. The molecule has 0 saturated carbocycles. The molecule has 1 aliphatic rings. The van der Waals surface area contributed by atoms with E-state index in [-0.39, 0.29) is 37.9 Å². The maximum absolute atomic E-state index is 12.4. The number of ether oxygens (including phenoxy) is 2. The van der Waals surface area contributed by atoms with E-state index in [2.05, 4.69) is 23.2 Å². The van der Waals surface area contributed by atoms with Gasteiger partial charge in [-0.3, -0.25) is 5.21 Å². The van der Waals surface area contributed by atoms with Crippen molar-refractivity contribution in [2.45, 2.75) is 6.42 Å². The van der Waals surface area contributed by atoms with Crippen LogP contribution in [0, 0.1) is 0 Å². The average molecular weight is 393 g/mol. The monoisotopic (exact) mass is 393 g/mol. The third-order valence-corrected chi connectivity index (χ3v) is 3.44. The van der Waals surface area contributed by atoms with Crippen LogP contribution in [0.5, 0.6) is 0 Å². The highest BCUT2D eigenvalue weighted by atomic mass is 16.5. The summed E-state index contributed by atoms with van der Waals surface area (Å²) in [6.45, 7) is 5.74. The molecular formula is C18H23N3O7. The number of nitrogens with zero attached hydrogens (tertiary/aromatic N) is 2. The summed E-state index contributed by atoms with van der Waals surface area (Å²) in [4.78, 5) is 47.4. The zero-order chi connectivity index (χ0) is 20.9. The zero-order valence-electron chi connectivity index (χ0n) is 15.3. The first-order valence-corrected chi connectivity index (χ1v) is 8.40. The Bertz CT molecular complexity index is 685. The third-order valence-electron chi connectivity index (χ3n) is 3.44. The molecule has 10 heteroatoms. The second-order valence-corrected chi connectivity index (χ2v) is 5.38. The summed E-state index contributed by atoms with van der Waals surface area (Å²) in [6.07, 6.45) is 7.83. The van der Waals surface area contributed by atoms with Gasteiger partial charge in [0.25, 0.3) is 0 Å². The van der Waals surface area contributed by atoms with Gasteiger partial charge in [0, 0.05) is 18.7 Å². The van der Waals surface area contributed by atoms with Gasteiger partial charge in [-0.25, -0.2) is 29.1 Å². The number of hydrogen-bond acceptors (Lipinski definition) is 7. The highest BCUT2D eigenvalue weighted by Gasteiger charge is 2.26. The molecule has 0 radical (unpaired) electrons. The van der Waals surface area contributed by atoms with Crippen LogP contribution >= 0.6 is 0 Å². The molecule has 1 aliphatic carbocycles. The Labute approximate surface area is 162 Å². The van der Waals surface area contributed by atoms with Gasteiger partial charge in [0.05, 0.1) is 13.1 Å². The van der Waals surface area contributed by atoms with Gasteiger partial charge in [0.15, 0.2) is 0 Å². The Morgan fingerprint density at radius 2 is 1.68 bits per heavy atom. The number of imide groups is 1. The molecule has 28 heavy (non-hydrogen) atoms. The van der Waals surface area contributed by atoms with Crippen molar-refractivity contribution >= 4 is 24.0 Å². The number of allylic oxidation sites excluding steroid dienone is 3. The van der Waals surface area contributed by atoms with E-state index in [9.17, 15) is 24.4 Å². The molecule has 0 aromatic rings. The Hall–Kier alpha value is -3.40. The molecule has 0 saturated heterocycles. The molecule has 0 heterocycles. The number of rotatable bonds is 11. The predicted molar refractivity (Wildman–Crippen MR) is 98.1 cm³/mol. The van der Waals surface area contributed by atoms with E-state index in [0.717, 1.165) is 22.6 Å². The Morgan fingerprint density at radius 1 is 1.07 bits per heavy atom. The van der Waals surface area contributed by atoms with Gasteiger partial charge >= 0.3 is 24.0 Å². The van der Waals surface area contributed by atoms with Gasteiger partial charge in [0.1, 0.15) is 13.2 Å². The number of hydroxylamine groups is 2. The van der Waals surface area contributed by atoms with Gasteiger partial charge in [-0.2, -0.15) is 0 Å². The first-order chi connectivity index (χ1) is 13.4. The lowest BCUT2D eigenvalue weighted by Crippen LogP contribution is -2.50. The van der Waals surface area contributed by atoms with E-state index in [0.29, 0.717) is 6.42 Å². The van der Waals surface area contributed by atoms with Crippen molar-refractivity contribution in [2.75, 3.05) is 32.8 Å². The second kappa shape index (κ2) is 12.1. The molecule has 0 aromatic heterocycles. The molecule has 0 spiro atoms. The first kappa shape index (κ1) is 22.6. The molecule has 10 nitrogen and oxygen atoms in total. The van der Waals surface area contributed by atoms with E-state index in [4.69, 9.17) is 4.74 Å². The predicted octanol–water partition coefficient (Wildman–Crippen LogP) is 1.15. The average Bonchev–Trinajstić information content (AvgIpc) is 2.65. The van der Waals surface area contributed by atoms with Crippen molar-refractivity contribution in [3.63, 3.8) is 0 Å². The maximum atomic E-state index is 12.4. The lowest BCUT2D eigenvalue weighted by Gasteiger charge is -2.26. The van der Waals surface area contributed by atoms with Crippen LogP contribution in [-0.4, -0.2) is 72.0 Å². The lowest BCUT2D eigenvalue weighted by atomic mass is 10.1. The summed E-state index contributed by atoms with van der Waals surface area (Å²) in [5.41, 5.74) is 0.940. The van der Waals surface area contributed by atoms with Crippen LogP contribution in [0.15, 0.2) is 49.1 Å². The topological polar surface area (TPSA) is 125 Å². The Morgan fingerprint density at radius 3 is 2.21 bits per heavy atom. The van der Waals surface area contributed by atoms with Crippen LogP contribution in [0.2, 0.25) is 0 Å². The molecule has 2 N–H and O–H groups in total. The SMILES string of the molecule is C=CC(=O)OCCNC(=O)N(CCC1=CC=C1)C(=O)N(O)CCOC(=O)C=C. The van der Waals surface area contributed by atoms with Crippen LogP contribution < -0.4 is 5.32 Å². The highest BCUT2D eigenvalue weighted by Crippen LogP contribution is 2.13. The number of carbonyl (C=O) groups is 4. The van der Waals surface area contributed by atoms with Gasteiger partial charge in [-0.15, -0.1) is 0 Å². The Kier molecular flexibility index (Phi) is 9.76. The fourth-order valence-electron chi connectivity index (χ4n) is 1.91. The highest BCUT2D eigenvalue weighted by molar-refractivity contribution is 5.93. The molecule has 0 atom stereocenters. The summed E-state index contributed by atoms with van der Waals surface area (Å²) in [5.74, 6) is -1.34. The number of hydrogen-bond donors (Lipinski definition) is 2. The molecule has 0 fully saturated rings. The molecule has 0 aromatic carbocycles. The van der Waals surface area contributed by atoms with Crippen molar-refractivity contribution in [1.82, 2.24) is 15.3 Å². The molecule has 0 aliphatic heterocycles. The van der Waals surface area contributed by atoms with Gasteiger partial charge in [-0.05, 0) is 12.0 Å². The van der Waals surface area contributed by atoms with Crippen LogP contribution in [0.25, 0.3) is 0 Å². The second-order valence-electron chi connectivity index (χ2n) is 5.38. The van der Waals surface area contributed by atoms with E-state index in [1.54, 1.807) is 0 Å². The van der Waals surface area contributed by atoms with Gasteiger partial charge in [-0.1, -0.05) is 31.4 Å². The summed E-state index contributed by atoms with van der Waals surface area (Å²) in [7, 11) is 0. The van der Waals surface area contributed by atoms with E-state index in [1.807, 2.05) is 18.2 Å². The van der Waals surface area contributed by atoms with Gasteiger partial charge in [0.2, 0.25) is 0 Å². The third kappa shape index (κ3) is 7.87. The van der Waals surface area contributed by atoms with Gasteiger partial charge < -0.3 is 14.8 Å². The fourth-order valence-corrected chi connectivity index (χ4v) is 1.91. The Balaban J connectivity index is 2.57. The summed E-state index contributed by atoms with van der Waals surface area (Å²) >= 11 is 0. The standard InChI is InChI=1S/C18H23N3O7/c1-3-15(22)27-12-9-19-17(24)20(10-8-14-6-5-7-14)18(25)21(26)11-13-28-16(23)4-2/h3-7,26H,1-2,8-13H2,(H,19,24). The number of urea groups is 2. The molecule has 1 rings (SSSR count). The summed E-state index contributed by atoms with van der Waals surface area (Å²) in [6, 6.07) is -1.76. The zero-order valence-corrected chi connectivity index (χ0v) is 15.3. The maximum Gasteiger partial charge on any atom is 0.351 e. The van der Waals surface area contributed by atoms with Crippen LogP contribution in [0.3, 0.4) is 0 Å². The van der Waals surface area contributed by atoms with Crippen molar-refractivity contribution in [2.24, 2.45) is 0 Å². The van der Waals surface area contributed by atoms with E-state index < -0.39 is 24.0 Å². The number of nitrogens with one attached hydrogen (secondary N) is 1. The minimum atomic E-state index is -0.987. The number of carbonyl (C=O) groups excluding carboxylic acids is 4. The molecule has 0 unspecified atom stereocenters. The quantitative estimate of drug-likeness (QED) is 0.177. The minimum Gasteiger partial charge on any atom is -0.461 e. The molecular weight excluding hydrogens is 370 g/mol. The number of amides is 4. The molecule has 4 amide bonds. The van der Waals surface area contributed by atoms with E-state index >= 15 is 0 Å².